The van der Waals surface area contributed by atoms with E-state index in [1.807, 2.05) is 6.92 Å². The fraction of sp³-hybridized carbons (Fsp3) is 0.318. The summed E-state index contributed by atoms with van der Waals surface area (Å²) in [6, 6.07) is 6.10. The van der Waals surface area contributed by atoms with Gasteiger partial charge in [-0.15, -0.1) is 0 Å². The fourth-order valence-electron chi connectivity index (χ4n) is 1.75. The molecule has 10 heteroatoms. The van der Waals surface area contributed by atoms with E-state index >= 15 is 0 Å². The van der Waals surface area contributed by atoms with Crippen LogP contribution in [0.1, 0.15) is 46.1 Å². The van der Waals surface area contributed by atoms with Crippen LogP contribution in [0.25, 0.3) is 0 Å². The molecule has 0 saturated carbocycles. The van der Waals surface area contributed by atoms with Gasteiger partial charge in [-0.05, 0) is 51.8 Å². The third-order valence-electron chi connectivity index (χ3n) is 3.61. The molecule has 0 amide bonds. The van der Waals surface area contributed by atoms with Crippen molar-refractivity contribution < 1.29 is 43.2 Å². The van der Waals surface area contributed by atoms with Gasteiger partial charge in [-0.2, -0.15) is 0 Å². The summed E-state index contributed by atoms with van der Waals surface area (Å²) in [5.74, 6) is -4.12. The van der Waals surface area contributed by atoms with E-state index in [-0.39, 0.29) is 4.90 Å². The predicted octanol–water partition coefficient (Wildman–Crippen LogP) is 4.11. The van der Waals surface area contributed by atoms with Crippen molar-refractivity contribution in [3.63, 3.8) is 0 Å². The minimum Gasteiger partial charge on any atom is -0.502 e. The van der Waals surface area contributed by atoms with Crippen molar-refractivity contribution in [2.24, 2.45) is 0 Å². The van der Waals surface area contributed by atoms with E-state index in [4.69, 9.17) is 20.4 Å². The lowest BCUT2D eigenvalue weighted by Gasteiger charge is -2.05. The molecule has 0 spiro atoms. The first-order valence-electron chi connectivity index (χ1n) is 9.49. The van der Waals surface area contributed by atoms with Gasteiger partial charge in [0.25, 0.3) is 0 Å². The Balaban J connectivity index is 0. The molecule has 0 fully saturated rings. The summed E-state index contributed by atoms with van der Waals surface area (Å²) in [4.78, 5) is 30.0. The number of hydrogen-bond acceptors (Lipinski definition) is 6. The molecule has 1 aromatic carbocycles. The van der Waals surface area contributed by atoms with Crippen LogP contribution in [0.4, 0.5) is 0 Å². The van der Waals surface area contributed by atoms with Crippen molar-refractivity contribution in [2.45, 2.75) is 52.4 Å². The first-order valence-corrected chi connectivity index (χ1v) is 11.0. The maximum Gasteiger partial charge on any atom is 0.370 e. The smallest absolute Gasteiger partial charge is 0.370 e. The van der Waals surface area contributed by atoms with Crippen molar-refractivity contribution >= 4 is 27.7 Å². The van der Waals surface area contributed by atoms with Crippen molar-refractivity contribution in [2.75, 3.05) is 0 Å². The predicted molar refractivity (Wildman–Crippen MR) is 120 cm³/mol. The highest BCUT2D eigenvalue weighted by Gasteiger charge is 2.25. The number of aliphatic hydroxyl groups excluding tert-OH is 1. The zero-order chi connectivity index (χ0) is 25.5. The van der Waals surface area contributed by atoms with E-state index in [0.29, 0.717) is 18.4 Å². The average molecular weight is 471 g/mol. The topological polar surface area (TPSA) is 166 Å². The summed E-state index contributed by atoms with van der Waals surface area (Å²) in [7, 11) is -3.92. The number of carboxylic acids is 3. The molecule has 0 aliphatic rings. The number of allylic oxidation sites excluding steroid dienone is 3. The largest absolute Gasteiger partial charge is 0.502 e. The zero-order valence-electron chi connectivity index (χ0n) is 18.7. The standard InChI is InChI=1S/C12H14O4S.C5H8O3.C5H8O2/c1-3-4-11(12(13)14)17(15,16)10-7-5-9(2)6-8-10;1-2-3-4(6)5(7)8;1-3-4(2)5(6)7/h4-8H,3H2,1-2H3,(H,13,14);3,6H,2H2,1H3,(H,7,8);3H,1-2H3,(H,6,7)/b11-4+;4-3-;4-3+. The highest BCUT2D eigenvalue weighted by atomic mass is 32.2. The van der Waals surface area contributed by atoms with E-state index in [1.165, 1.54) is 24.3 Å². The van der Waals surface area contributed by atoms with Crippen LogP contribution < -0.4 is 0 Å². The highest BCUT2D eigenvalue weighted by molar-refractivity contribution is 7.96. The van der Waals surface area contributed by atoms with E-state index in [0.717, 1.165) is 5.56 Å². The van der Waals surface area contributed by atoms with Crippen molar-refractivity contribution in [1.82, 2.24) is 0 Å². The number of carboxylic acid groups (broad SMARTS) is 3. The second kappa shape index (κ2) is 15.4. The Kier molecular flexibility index (Phi) is 14.8. The Morgan fingerprint density at radius 3 is 1.56 bits per heavy atom. The van der Waals surface area contributed by atoms with Gasteiger partial charge in [-0.3, -0.25) is 0 Å². The first-order chi connectivity index (χ1) is 14.8. The van der Waals surface area contributed by atoms with Gasteiger partial charge in [0.2, 0.25) is 9.84 Å². The molecule has 1 rings (SSSR count). The second-order valence-electron chi connectivity index (χ2n) is 6.18. The average Bonchev–Trinajstić information content (AvgIpc) is 2.72. The number of carbonyl (C=O) groups is 3. The Hall–Kier alpha value is -3.40. The molecule has 0 aliphatic carbocycles. The quantitative estimate of drug-likeness (QED) is 0.339. The molecule has 0 aromatic heterocycles. The molecule has 0 unspecified atom stereocenters. The molecular formula is C22H30O9S. The maximum atomic E-state index is 12.0. The van der Waals surface area contributed by atoms with E-state index < -0.39 is 38.4 Å². The van der Waals surface area contributed by atoms with Gasteiger partial charge in [0, 0.05) is 5.57 Å². The lowest BCUT2D eigenvalue weighted by Crippen LogP contribution is -2.13. The minimum absolute atomic E-state index is 0.00481. The SMILES string of the molecule is C/C=C(\C)C(=O)O.CC/C=C(\C(=O)O)S(=O)(=O)c1ccc(C)cc1.CC/C=C(\O)C(=O)O. The molecule has 0 heterocycles. The number of benzene rings is 1. The third-order valence-corrected chi connectivity index (χ3v) is 5.42. The van der Waals surface area contributed by atoms with Crippen LogP contribution in [-0.2, 0) is 24.2 Å². The summed E-state index contributed by atoms with van der Waals surface area (Å²) < 4.78 is 24.1. The minimum atomic E-state index is -3.92. The molecule has 0 radical (unpaired) electrons. The van der Waals surface area contributed by atoms with Crippen molar-refractivity contribution in [3.8, 4) is 0 Å². The Morgan fingerprint density at radius 1 is 0.844 bits per heavy atom. The van der Waals surface area contributed by atoms with Gasteiger partial charge < -0.3 is 20.4 Å². The number of rotatable bonds is 7. The van der Waals surface area contributed by atoms with Gasteiger partial charge in [-0.25, -0.2) is 22.8 Å². The van der Waals surface area contributed by atoms with Crippen LogP contribution in [0.5, 0.6) is 0 Å². The summed E-state index contributed by atoms with van der Waals surface area (Å²) in [5, 5.41) is 33.4. The molecule has 0 aliphatic heterocycles. The van der Waals surface area contributed by atoms with Gasteiger partial charge in [0.15, 0.2) is 10.7 Å². The zero-order valence-corrected chi connectivity index (χ0v) is 19.5. The van der Waals surface area contributed by atoms with Crippen LogP contribution in [0, 0.1) is 6.92 Å². The van der Waals surface area contributed by atoms with E-state index in [2.05, 4.69) is 0 Å². The van der Waals surface area contributed by atoms with Crippen molar-refractivity contribution in [3.05, 3.63) is 64.3 Å². The number of aryl methyl sites for hydroxylation is 1. The first kappa shape index (κ1) is 30.8. The van der Waals surface area contributed by atoms with E-state index in [9.17, 15) is 22.8 Å². The molecule has 0 bridgehead atoms. The normalized spacial score (nSPS) is 12.0. The van der Waals surface area contributed by atoms with Gasteiger partial charge in [0.05, 0.1) is 4.90 Å². The van der Waals surface area contributed by atoms with Crippen LogP contribution in [-0.4, -0.2) is 46.8 Å². The molecule has 0 atom stereocenters. The van der Waals surface area contributed by atoms with Crippen LogP contribution >= 0.6 is 0 Å². The van der Waals surface area contributed by atoms with Crippen LogP contribution in [0.15, 0.2) is 63.6 Å². The molecule has 32 heavy (non-hydrogen) atoms. The fourth-order valence-corrected chi connectivity index (χ4v) is 3.11. The number of aliphatic hydroxyl groups is 1. The number of hydrogen-bond donors (Lipinski definition) is 4. The summed E-state index contributed by atoms with van der Waals surface area (Å²) in [6.07, 6.45) is 4.90. The molecule has 4 N–H and O–H groups in total. The summed E-state index contributed by atoms with van der Waals surface area (Å²) in [6.45, 7) is 8.52. The Labute approximate surface area is 188 Å². The maximum absolute atomic E-state index is 12.0. The van der Waals surface area contributed by atoms with E-state index in [1.54, 1.807) is 45.9 Å². The van der Waals surface area contributed by atoms with Crippen molar-refractivity contribution in [1.29, 1.82) is 0 Å². The molecule has 0 saturated heterocycles. The van der Waals surface area contributed by atoms with Gasteiger partial charge in [-0.1, -0.05) is 43.7 Å². The third kappa shape index (κ3) is 11.7. The van der Waals surface area contributed by atoms with Crippen LogP contribution in [0.2, 0.25) is 0 Å². The lowest BCUT2D eigenvalue weighted by molar-refractivity contribution is -0.135. The monoisotopic (exact) mass is 470 g/mol. The second-order valence-corrected chi connectivity index (χ2v) is 8.10. The number of aliphatic carboxylic acids is 3. The molecule has 1 aromatic rings. The number of sulfone groups is 1. The van der Waals surface area contributed by atoms with Gasteiger partial charge >= 0.3 is 17.9 Å². The van der Waals surface area contributed by atoms with Gasteiger partial charge in [0.1, 0.15) is 0 Å². The lowest BCUT2D eigenvalue weighted by atomic mass is 10.2. The summed E-state index contributed by atoms with van der Waals surface area (Å²) in [5.41, 5.74) is 1.31. The summed E-state index contributed by atoms with van der Waals surface area (Å²) >= 11 is 0. The molecule has 9 nitrogen and oxygen atoms in total. The Bertz CT molecular complexity index is 967. The highest BCUT2D eigenvalue weighted by Crippen LogP contribution is 2.20. The van der Waals surface area contributed by atoms with Crippen LogP contribution in [0.3, 0.4) is 0 Å². The Morgan fingerprint density at radius 2 is 1.31 bits per heavy atom. The molecule has 178 valence electrons. The molecular weight excluding hydrogens is 440 g/mol.